The summed E-state index contributed by atoms with van der Waals surface area (Å²) in [6.45, 7) is 9.61. The van der Waals surface area contributed by atoms with Crippen LogP contribution in [0, 0.1) is 13.8 Å². The van der Waals surface area contributed by atoms with Crippen LogP contribution in [0.2, 0.25) is 0 Å². The van der Waals surface area contributed by atoms with Crippen molar-refractivity contribution < 1.29 is 14.3 Å². The third kappa shape index (κ3) is 4.34. The van der Waals surface area contributed by atoms with Gasteiger partial charge in [0.2, 0.25) is 0 Å². The fourth-order valence-electron chi connectivity index (χ4n) is 3.32. The number of carbonyl (C=O) groups is 1. The number of thioether (sulfide) groups is 1. The molecule has 1 amide bonds. The van der Waals surface area contributed by atoms with E-state index in [2.05, 4.69) is 18.3 Å². The molecule has 29 heavy (non-hydrogen) atoms. The van der Waals surface area contributed by atoms with E-state index in [0.717, 1.165) is 33.7 Å². The molecule has 0 saturated carbocycles. The molecule has 3 aromatic rings. The molecule has 0 unspecified atom stereocenters. The third-order valence-corrected chi connectivity index (χ3v) is 5.04. The smallest absolute Gasteiger partial charge is 0.412 e. The Morgan fingerprint density at radius 3 is 2.55 bits per heavy atom. The molecule has 0 radical (unpaired) electrons. The molecule has 3 rings (SSSR count). The standard InChI is InChI=1S/C22H27N3O3S/c1-13-11-14(2)18(17(12-13)27-6)15-9-8-10-16-19(20(29-7)24-25(15)16)23-21(26)28-22(3,4)5/h8-12H,1-7H3,(H,23,26). The molecule has 0 bridgehead atoms. The highest BCUT2D eigenvalue weighted by Gasteiger charge is 2.22. The lowest BCUT2D eigenvalue weighted by Gasteiger charge is -2.19. The highest BCUT2D eigenvalue weighted by Crippen LogP contribution is 2.37. The van der Waals surface area contributed by atoms with Crippen molar-refractivity contribution in [3.63, 3.8) is 0 Å². The Bertz CT molecular complexity index is 1070. The lowest BCUT2D eigenvalue weighted by Crippen LogP contribution is -2.27. The number of nitrogens with zero attached hydrogens (tertiary/aromatic N) is 2. The molecule has 0 atom stereocenters. The van der Waals surface area contributed by atoms with Crippen LogP contribution in [0.15, 0.2) is 35.4 Å². The molecule has 0 aliphatic carbocycles. The summed E-state index contributed by atoms with van der Waals surface area (Å²) in [6, 6.07) is 10.0. The maximum absolute atomic E-state index is 12.4. The number of carbonyl (C=O) groups excluding carboxylic acids is 1. The molecule has 154 valence electrons. The van der Waals surface area contributed by atoms with Gasteiger partial charge in [0, 0.05) is 5.56 Å². The second-order valence-electron chi connectivity index (χ2n) is 7.88. The van der Waals surface area contributed by atoms with Gasteiger partial charge in [-0.1, -0.05) is 12.1 Å². The number of aromatic nitrogens is 2. The van der Waals surface area contributed by atoms with E-state index < -0.39 is 11.7 Å². The van der Waals surface area contributed by atoms with Crippen LogP contribution in [0.4, 0.5) is 10.5 Å². The number of ether oxygens (including phenoxy) is 2. The molecule has 6 nitrogen and oxygen atoms in total. The molecule has 0 spiro atoms. The molecule has 0 fully saturated rings. The monoisotopic (exact) mass is 413 g/mol. The van der Waals surface area contributed by atoms with Gasteiger partial charge in [-0.15, -0.1) is 11.8 Å². The van der Waals surface area contributed by atoms with E-state index in [0.29, 0.717) is 10.7 Å². The van der Waals surface area contributed by atoms with Gasteiger partial charge in [-0.25, -0.2) is 9.31 Å². The largest absolute Gasteiger partial charge is 0.496 e. The molecule has 2 heterocycles. The third-order valence-electron chi connectivity index (χ3n) is 4.36. The summed E-state index contributed by atoms with van der Waals surface area (Å²) in [6.07, 6.45) is 1.43. The van der Waals surface area contributed by atoms with Crippen LogP contribution in [0.5, 0.6) is 5.75 Å². The summed E-state index contributed by atoms with van der Waals surface area (Å²) < 4.78 is 12.9. The summed E-state index contributed by atoms with van der Waals surface area (Å²) in [7, 11) is 1.67. The molecule has 1 N–H and O–H groups in total. The minimum absolute atomic E-state index is 0.503. The number of hydrogen-bond acceptors (Lipinski definition) is 5. The average Bonchev–Trinajstić information content (AvgIpc) is 2.97. The van der Waals surface area contributed by atoms with Crippen LogP contribution in [-0.4, -0.2) is 34.7 Å². The maximum Gasteiger partial charge on any atom is 0.412 e. The van der Waals surface area contributed by atoms with Gasteiger partial charge in [-0.2, -0.15) is 5.10 Å². The number of methoxy groups -OCH3 is 1. The first kappa shape index (κ1) is 21.0. The van der Waals surface area contributed by atoms with Crippen molar-refractivity contribution in [1.82, 2.24) is 9.61 Å². The zero-order valence-electron chi connectivity index (χ0n) is 17.9. The second-order valence-corrected chi connectivity index (χ2v) is 8.67. The zero-order chi connectivity index (χ0) is 21.3. The zero-order valence-corrected chi connectivity index (χ0v) is 18.7. The number of rotatable bonds is 4. The number of fused-ring (bicyclic) bond motifs is 1. The minimum Gasteiger partial charge on any atom is -0.496 e. The van der Waals surface area contributed by atoms with Gasteiger partial charge in [0.25, 0.3) is 0 Å². The Morgan fingerprint density at radius 2 is 1.93 bits per heavy atom. The first-order valence-corrected chi connectivity index (χ1v) is 10.6. The normalized spacial score (nSPS) is 11.6. The van der Waals surface area contributed by atoms with E-state index in [1.165, 1.54) is 11.8 Å². The lowest BCUT2D eigenvalue weighted by molar-refractivity contribution is 0.0635. The van der Waals surface area contributed by atoms with Gasteiger partial charge in [-0.3, -0.25) is 5.32 Å². The quantitative estimate of drug-likeness (QED) is 0.556. The van der Waals surface area contributed by atoms with Gasteiger partial charge >= 0.3 is 6.09 Å². The minimum atomic E-state index is -0.579. The Hall–Kier alpha value is -2.67. The van der Waals surface area contributed by atoms with Gasteiger partial charge in [0.15, 0.2) is 0 Å². The Labute approximate surface area is 175 Å². The molecule has 2 aromatic heterocycles. The summed E-state index contributed by atoms with van der Waals surface area (Å²) in [5, 5.41) is 8.34. The summed E-state index contributed by atoms with van der Waals surface area (Å²) in [5.41, 5.74) is 4.94. The maximum atomic E-state index is 12.4. The van der Waals surface area contributed by atoms with Crippen LogP contribution >= 0.6 is 11.8 Å². The van der Waals surface area contributed by atoms with Crippen molar-refractivity contribution in [3.05, 3.63) is 41.5 Å². The molecule has 1 aromatic carbocycles. The summed E-state index contributed by atoms with van der Waals surface area (Å²) >= 11 is 1.47. The fraction of sp³-hybridized carbons (Fsp3) is 0.364. The Morgan fingerprint density at radius 1 is 1.21 bits per heavy atom. The first-order valence-electron chi connectivity index (χ1n) is 9.36. The van der Waals surface area contributed by atoms with Crippen LogP contribution in [0.3, 0.4) is 0 Å². The van der Waals surface area contributed by atoms with Crippen molar-refractivity contribution in [2.75, 3.05) is 18.7 Å². The van der Waals surface area contributed by atoms with Crippen LogP contribution < -0.4 is 10.1 Å². The fourth-order valence-corrected chi connectivity index (χ4v) is 3.84. The van der Waals surface area contributed by atoms with Crippen molar-refractivity contribution >= 4 is 29.1 Å². The number of aryl methyl sites for hydroxylation is 2. The van der Waals surface area contributed by atoms with E-state index in [4.69, 9.17) is 14.6 Å². The average molecular weight is 414 g/mol. The van der Waals surface area contributed by atoms with E-state index in [1.807, 2.05) is 62.7 Å². The highest BCUT2D eigenvalue weighted by atomic mass is 32.2. The van der Waals surface area contributed by atoms with Gasteiger partial charge in [0.05, 0.1) is 18.3 Å². The SMILES string of the molecule is COc1cc(C)cc(C)c1-c1cccc2c(NC(=O)OC(C)(C)C)c(SC)nn12. The van der Waals surface area contributed by atoms with E-state index in [-0.39, 0.29) is 0 Å². The van der Waals surface area contributed by atoms with Gasteiger partial charge < -0.3 is 9.47 Å². The second kappa shape index (κ2) is 7.99. The van der Waals surface area contributed by atoms with Crippen LogP contribution in [-0.2, 0) is 4.74 Å². The van der Waals surface area contributed by atoms with E-state index >= 15 is 0 Å². The molecular weight excluding hydrogens is 386 g/mol. The predicted octanol–water partition coefficient (Wildman–Crippen LogP) is 5.70. The topological polar surface area (TPSA) is 64.9 Å². The number of hydrogen-bond donors (Lipinski definition) is 1. The Kier molecular flexibility index (Phi) is 5.80. The number of pyridine rings is 1. The molecule has 0 saturated heterocycles. The lowest BCUT2D eigenvalue weighted by atomic mass is 10.0. The van der Waals surface area contributed by atoms with Gasteiger partial charge in [-0.05, 0) is 70.2 Å². The van der Waals surface area contributed by atoms with Crippen LogP contribution in [0.25, 0.3) is 16.8 Å². The predicted molar refractivity (Wildman–Crippen MR) is 118 cm³/mol. The van der Waals surface area contributed by atoms with E-state index in [1.54, 1.807) is 7.11 Å². The number of amides is 1. The molecule has 0 aliphatic heterocycles. The molecule has 0 aliphatic rings. The van der Waals surface area contributed by atoms with Crippen LogP contribution in [0.1, 0.15) is 31.9 Å². The molecule has 7 heteroatoms. The highest BCUT2D eigenvalue weighted by molar-refractivity contribution is 7.98. The van der Waals surface area contributed by atoms with Gasteiger partial charge in [0.1, 0.15) is 22.1 Å². The Balaban J connectivity index is 2.17. The van der Waals surface area contributed by atoms with Crippen molar-refractivity contribution in [1.29, 1.82) is 0 Å². The van der Waals surface area contributed by atoms with Crippen molar-refractivity contribution in [2.24, 2.45) is 0 Å². The number of anilines is 1. The summed E-state index contributed by atoms with van der Waals surface area (Å²) in [4.78, 5) is 12.4. The van der Waals surface area contributed by atoms with E-state index in [9.17, 15) is 4.79 Å². The number of nitrogens with one attached hydrogen (secondary N) is 1. The first-order chi connectivity index (χ1) is 13.6. The summed E-state index contributed by atoms with van der Waals surface area (Å²) in [5.74, 6) is 0.790. The van der Waals surface area contributed by atoms with Crippen molar-refractivity contribution in [2.45, 2.75) is 45.2 Å². The van der Waals surface area contributed by atoms with Crippen molar-refractivity contribution in [3.8, 4) is 17.0 Å². The number of benzene rings is 1. The molecular formula is C22H27N3O3S.